The number of fused-ring (bicyclic) bond motifs is 1. The van der Waals surface area contributed by atoms with E-state index < -0.39 is 0 Å². The van der Waals surface area contributed by atoms with E-state index >= 15 is 0 Å². The maximum Gasteiger partial charge on any atom is 0.124 e. The zero-order valence-electron chi connectivity index (χ0n) is 11.1. The van der Waals surface area contributed by atoms with Crippen molar-refractivity contribution >= 4 is 5.69 Å². The number of nitriles is 1. The summed E-state index contributed by atoms with van der Waals surface area (Å²) in [5.41, 5.74) is 1.41. The van der Waals surface area contributed by atoms with Gasteiger partial charge in [-0.1, -0.05) is 12.8 Å². The van der Waals surface area contributed by atoms with Crippen LogP contribution in [0.4, 0.5) is 10.1 Å². The lowest BCUT2D eigenvalue weighted by molar-refractivity contribution is 0.243. The van der Waals surface area contributed by atoms with Gasteiger partial charge in [0, 0.05) is 12.6 Å². The van der Waals surface area contributed by atoms with Crippen LogP contribution in [-0.2, 0) is 0 Å². The molecule has 2 nitrogen and oxygen atoms in total. The first kappa shape index (κ1) is 12.5. The van der Waals surface area contributed by atoms with Crippen molar-refractivity contribution in [1.29, 1.82) is 5.26 Å². The van der Waals surface area contributed by atoms with Crippen LogP contribution in [-0.4, -0.2) is 12.6 Å². The fraction of sp³-hybridized carbons (Fsp3) is 0.562. The molecular weight excluding hydrogens is 239 g/mol. The van der Waals surface area contributed by atoms with Crippen molar-refractivity contribution in [2.75, 3.05) is 11.4 Å². The average Bonchev–Trinajstić information content (AvgIpc) is 2.46. The molecule has 2 atom stereocenters. The smallest absolute Gasteiger partial charge is 0.124 e. The summed E-state index contributed by atoms with van der Waals surface area (Å²) in [4.78, 5) is 2.37. The summed E-state index contributed by atoms with van der Waals surface area (Å²) in [6, 6.07) is 7.32. The molecule has 1 aromatic carbocycles. The van der Waals surface area contributed by atoms with E-state index in [0.717, 1.165) is 18.2 Å². The first-order valence-corrected chi connectivity index (χ1v) is 7.26. The minimum atomic E-state index is -0.322. The molecular formula is C16H19FN2. The van der Waals surface area contributed by atoms with Gasteiger partial charge in [0.1, 0.15) is 11.9 Å². The second-order valence-electron chi connectivity index (χ2n) is 5.72. The lowest BCUT2D eigenvalue weighted by Crippen LogP contribution is -2.47. The summed E-state index contributed by atoms with van der Waals surface area (Å²) in [5.74, 6) is 0.441. The van der Waals surface area contributed by atoms with Crippen molar-refractivity contribution in [2.24, 2.45) is 5.92 Å². The monoisotopic (exact) mass is 258 g/mol. The third kappa shape index (κ3) is 2.32. The predicted octanol–water partition coefficient (Wildman–Crippen LogP) is 3.86. The van der Waals surface area contributed by atoms with E-state index in [9.17, 15) is 9.65 Å². The molecule has 3 heteroatoms. The first-order chi connectivity index (χ1) is 9.29. The maximum atomic E-state index is 13.3. The van der Waals surface area contributed by atoms with Crippen LogP contribution < -0.4 is 4.90 Å². The highest BCUT2D eigenvalue weighted by molar-refractivity contribution is 5.60. The van der Waals surface area contributed by atoms with Crippen molar-refractivity contribution in [2.45, 2.75) is 44.6 Å². The molecule has 1 saturated heterocycles. The second-order valence-corrected chi connectivity index (χ2v) is 5.72. The van der Waals surface area contributed by atoms with Crippen molar-refractivity contribution in [3.05, 3.63) is 29.6 Å². The molecule has 19 heavy (non-hydrogen) atoms. The zero-order valence-corrected chi connectivity index (χ0v) is 11.1. The highest BCUT2D eigenvalue weighted by Gasteiger charge is 2.34. The van der Waals surface area contributed by atoms with E-state index in [2.05, 4.69) is 11.0 Å². The molecule has 0 spiro atoms. The molecule has 0 radical (unpaired) electrons. The van der Waals surface area contributed by atoms with Crippen molar-refractivity contribution in [1.82, 2.24) is 0 Å². The molecule has 1 aliphatic heterocycles. The molecule has 2 aliphatic rings. The van der Waals surface area contributed by atoms with Crippen molar-refractivity contribution in [3.63, 3.8) is 0 Å². The van der Waals surface area contributed by atoms with Gasteiger partial charge in [-0.25, -0.2) is 4.39 Å². The van der Waals surface area contributed by atoms with Gasteiger partial charge in [-0.3, -0.25) is 0 Å². The molecule has 1 saturated carbocycles. The van der Waals surface area contributed by atoms with Crippen LogP contribution in [0.3, 0.4) is 0 Å². The zero-order chi connectivity index (χ0) is 13.2. The van der Waals surface area contributed by atoms with Crippen LogP contribution in [0, 0.1) is 23.1 Å². The Bertz CT molecular complexity index is 504. The quantitative estimate of drug-likeness (QED) is 0.765. The second kappa shape index (κ2) is 5.21. The minimum Gasteiger partial charge on any atom is -0.367 e. The number of hydrogen-bond acceptors (Lipinski definition) is 2. The molecule has 100 valence electrons. The van der Waals surface area contributed by atoms with Gasteiger partial charge in [0.05, 0.1) is 11.3 Å². The van der Waals surface area contributed by atoms with E-state index in [4.69, 9.17) is 0 Å². The molecule has 1 heterocycles. The molecule has 1 aromatic rings. The highest BCUT2D eigenvalue weighted by atomic mass is 19.1. The Morgan fingerprint density at radius 3 is 2.79 bits per heavy atom. The van der Waals surface area contributed by atoms with Crippen LogP contribution in [0.2, 0.25) is 0 Å². The van der Waals surface area contributed by atoms with E-state index in [1.807, 2.05) is 0 Å². The van der Waals surface area contributed by atoms with Gasteiger partial charge in [-0.15, -0.1) is 0 Å². The molecule has 0 aromatic heterocycles. The van der Waals surface area contributed by atoms with Gasteiger partial charge in [-0.2, -0.15) is 5.26 Å². The number of benzene rings is 1. The summed E-state index contributed by atoms with van der Waals surface area (Å²) in [6.07, 6.45) is 7.63. The van der Waals surface area contributed by atoms with Crippen LogP contribution in [0.25, 0.3) is 0 Å². The largest absolute Gasteiger partial charge is 0.367 e. The minimum absolute atomic E-state index is 0.322. The Labute approximate surface area is 113 Å². The number of hydrogen-bond donors (Lipinski definition) is 0. The van der Waals surface area contributed by atoms with Gasteiger partial charge in [0.2, 0.25) is 0 Å². The Morgan fingerprint density at radius 2 is 1.95 bits per heavy atom. The molecule has 0 unspecified atom stereocenters. The Balaban J connectivity index is 1.94. The summed E-state index contributed by atoms with van der Waals surface area (Å²) in [6.45, 7) is 1.00. The summed E-state index contributed by atoms with van der Waals surface area (Å²) < 4.78 is 13.3. The summed E-state index contributed by atoms with van der Waals surface area (Å²) in [7, 11) is 0. The molecule has 1 aliphatic carbocycles. The molecule has 0 amide bonds. The number of nitrogens with zero attached hydrogens (tertiary/aromatic N) is 2. The average molecular weight is 258 g/mol. The lowest BCUT2D eigenvalue weighted by atomic mass is 9.78. The first-order valence-electron chi connectivity index (χ1n) is 7.26. The summed E-state index contributed by atoms with van der Waals surface area (Å²) in [5, 5.41) is 9.23. The van der Waals surface area contributed by atoms with E-state index in [1.54, 1.807) is 6.07 Å². The number of halogens is 1. The number of rotatable bonds is 1. The molecule has 0 bridgehead atoms. The van der Waals surface area contributed by atoms with E-state index in [-0.39, 0.29) is 5.82 Å². The van der Waals surface area contributed by atoms with Gasteiger partial charge in [0.15, 0.2) is 0 Å². The maximum absolute atomic E-state index is 13.3. The SMILES string of the molecule is N#Cc1cc(F)ccc1N1CCC[C@H]2CCCC[C@H]21. The molecule has 2 fully saturated rings. The molecule has 3 rings (SSSR count). The van der Waals surface area contributed by atoms with E-state index in [1.165, 1.54) is 50.7 Å². The van der Waals surface area contributed by atoms with Crippen LogP contribution in [0.5, 0.6) is 0 Å². The summed E-state index contributed by atoms with van der Waals surface area (Å²) >= 11 is 0. The standard InChI is InChI=1S/C16H19FN2/c17-14-7-8-16(13(10-14)11-18)19-9-3-5-12-4-1-2-6-15(12)19/h7-8,10,12,15H,1-6,9H2/t12-,15-/m1/s1. The Hall–Kier alpha value is -1.56. The Kier molecular flexibility index (Phi) is 3.42. The van der Waals surface area contributed by atoms with Gasteiger partial charge < -0.3 is 4.90 Å². The van der Waals surface area contributed by atoms with E-state index in [0.29, 0.717) is 11.6 Å². The van der Waals surface area contributed by atoms with Gasteiger partial charge in [0.25, 0.3) is 0 Å². The highest BCUT2D eigenvalue weighted by Crippen LogP contribution is 2.38. The van der Waals surface area contributed by atoms with Crippen molar-refractivity contribution in [3.8, 4) is 6.07 Å². The normalized spacial score (nSPS) is 26.6. The van der Waals surface area contributed by atoms with Crippen LogP contribution >= 0.6 is 0 Å². The number of piperidine rings is 1. The topological polar surface area (TPSA) is 27.0 Å². The van der Waals surface area contributed by atoms with Crippen LogP contribution in [0.15, 0.2) is 18.2 Å². The third-order valence-electron chi connectivity index (χ3n) is 4.63. The Morgan fingerprint density at radius 1 is 1.16 bits per heavy atom. The van der Waals surface area contributed by atoms with Crippen LogP contribution in [0.1, 0.15) is 44.1 Å². The fourth-order valence-electron chi connectivity index (χ4n) is 3.77. The van der Waals surface area contributed by atoms with Crippen molar-refractivity contribution < 1.29 is 4.39 Å². The predicted molar refractivity (Wildman–Crippen MR) is 73.4 cm³/mol. The fourth-order valence-corrected chi connectivity index (χ4v) is 3.77. The number of anilines is 1. The van der Waals surface area contributed by atoms with Gasteiger partial charge in [-0.05, 0) is 49.8 Å². The lowest BCUT2D eigenvalue weighted by Gasteiger charge is -2.45. The van der Waals surface area contributed by atoms with Gasteiger partial charge >= 0.3 is 0 Å². The third-order valence-corrected chi connectivity index (χ3v) is 4.63. The molecule has 0 N–H and O–H groups in total.